The summed E-state index contributed by atoms with van der Waals surface area (Å²) < 4.78 is 35.3. The summed E-state index contributed by atoms with van der Waals surface area (Å²) in [5.74, 6) is 0. The van der Waals surface area contributed by atoms with E-state index in [1.807, 2.05) is 120 Å². The van der Waals surface area contributed by atoms with E-state index in [1.165, 1.54) is 0 Å². The van der Waals surface area contributed by atoms with Crippen LogP contribution < -0.4 is 10.4 Å². The fraction of sp³-hybridized carbons (Fsp3) is 0.375. The molecule has 4 aromatic rings. The SMILES string of the molecule is CCO[Si](OCC)(OCC)c1ccc(-c2ccccn2)nc1.CCO[Si](OCC)(OCC)c1ccc(-c2ccccn2)nc1.[Cl][Rh]. The predicted molar refractivity (Wildman–Crippen MR) is 181 cm³/mol. The van der Waals surface area contributed by atoms with Gasteiger partial charge < -0.3 is 26.6 Å². The number of hydrogen-bond acceptors (Lipinski definition) is 10. The van der Waals surface area contributed by atoms with Gasteiger partial charge in [-0.3, -0.25) is 19.9 Å². The van der Waals surface area contributed by atoms with Gasteiger partial charge in [0.2, 0.25) is 0 Å². The molecule has 252 valence electrons. The Labute approximate surface area is 289 Å². The van der Waals surface area contributed by atoms with Crippen LogP contribution in [0.25, 0.3) is 22.8 Å². The third kappa shape index (κ3) is 11.4. The van der Waals surface area contributed by atoms with Gasteiger partial charge in [-0.25, -0.2) is 0 Å². The molecule has 0 unspecified atom stereocenters. The first-order valence-electron chi connectivity index (χ1n) is 15.2. The van der Waals surface area contributed by atoms with Crippen molar-refractivity contribution in [1.82, 2.24) is 19.9 Å². The molecule has 0 aliphatic heterocycles. The Hall–Kier alpha value is -2.29. The molecule has 14 heteroatoms. The zero-order valence-electron chi connectivity index (χ0n) is 27.3. The molecule has 0 bridgehead atoms. The normalized spacial score (nSPS) is 11.2. The van der Waals surface area contributed by atoms with Crippen LogP contribution in [-0.2, 0) is 43.9 Å². The zero-order chi connectivity index (χ0) is 33.7. The molecule has 0 fully saturated rings. The van der Waals surface area contributed by atoms with Crippen LogP contribution in [0.1, 0.15) is 41.5 Å². The van der Waals surface area contributed by atoms with E-state index in [9.17, 15) is 0 Å². The first kappa shape index (κ1) is 39.9. The number of pyridine rings is 4. The quantitative estimate of drug-likeness (QED) is 0.136. The summed E-state index contributed by atoms with van der Waals surface area (Å²) in [7, 11) is -1.23. The Morgan fingerprint density at radius 2 is 0.761 bits per heavy atom. The van der Waals surface area contributed by atoms with E-state index in [1.54, 1.807) is 24.8 Å². The maximum absolute atomic E-state index is 5.88. The maximum atomic E-state index is 5.88. The van der Waals surface area contributed by atoms with E-state index in [4.69, 9.17) is 26.6 Å². The van der Waals surface area contributed by atoms with Gasteiger partial charge in [-0.1, -0.05) is 24.3 Å². The van der Waals surface area contributed by atoms with Crippen molar-refractivity contribution >= 4 is 37.7 Å². The number of hydrogen-bond donors (Lipinski definition) is 0. The molecular formula is C32H44ClN4O6RhSi2. The number of nitrogens with zero attached hydrogens (tertiary/aromatic N) is 4. The number of rotatable bonds is 16. The van der Waals surface area contributed by atoms with E-state index < -0.39 is 17.6 Å². The van der Waals surface area contributed by atoms with Gasteiger partial charge in [0, 0.05) is 74.8 Å². The van der Waals surface area contributed by atoms with Crippen molar-refractivity contribution in [2.24, 2.45) is 0 Å². The molecule has 0 amide bonds. The van der Waals surface area contributed by atoms with Gasteiger partial charge in [0.1, 0.15) is 0 Å². The monoisotopic (exact) mass is 774 g/mol. The predicted octanol–water partition coefficient (Wildman–Crippen LogP) is 5.49. The minimum absolute atomic E-state index is 0.536. The molecule has 4 aromatic heterocycles. The van der Waals surface area contributed by atoms with Crippen LogP contribution in [0.5, 0.6) is 0 Å². The van der Waals surface area contributed by atoms with E-state index in [-0.39, 0.29) is 0 Å². The van der Waals surface area contributed by atoms with Crippen molar-refractivity contribution in [1.29, 1.82) is 0 Å². The summed E-state index contributed by atoms with van der Waals surface area (Å²) in [6, 6.07) is 19.3. The van der Waals surface area contributed by atoms with Crippen molar-refractivity contribution in [2.75, 3.05) is 39.6 Å². The third-order valence-electron chi connectivity index (χ3n) is 6.09. The molecule has 0 N–H and O–H groups in total. The molecule has 0 aliphatic rings. The molecule has 0 aromatic carbocycles. The van der Waals surface area contributed by atoms with Crippen molar-refractivity contribution in [3.05, 3.63) is 85.5 Å². The molecular weight excluding hydrogens is 731 g/mol. The van der Waals surface area contributed by atoms with Gasteiger partial charge in [0.05, 0.1) is 22.8 Å². The summed E-state index contributed by atoms with van der Waals surface area (Å²) in [5, 5.41) is 1.75. The number of aromatic nitrogens is 4. The molecule has 46 heavy (non-hydrogen) atoms. The van der Waals surface area contributed by atoms with E-state index in [0.717, 1.165) is 33.1 Å². The van der Waals surface area contributed by atoms with E-state index in [2.05, 4.69) is 29.6 Å². The molecule has 0 radical (unpaired) electrons. The molecule has 0 spiro atoms. The molecule has 0 saturated carbocycles. The summed E-state index contributed by atoms with van der Waals surface area (Å²) in [6.45, 7) is 14.9. The first-order valence-corrected chi connectivity index (χ1v) is 20.8. The summed E-state index contributed by atoms with van der Waals surface area (Å²) in [4.78, 5) is 17.6. The summed E-state index contributed by atoms with van der Waals surface area (Å²) >= 11 is 2.02. The Morgan fingerprint density at radius 1 is 0.457 bits per heavy atom. The first-order chi connectivity index (χ1) is 22.5. The summed E-state index contributed by atoms with van der Waals surface area (Å²) in [6.07, 6.45) is 7.06. The number of halogens is 1. The Kier molecular flexibility index (Phi) is 19.3. The Morgan fingerprint density at radius 3 is 0.978 bits per heavy atom. The van der Waals surface area contributed by atoms with Crippen molar-refractivity contribution in [2.45, 2.75) is 41.5 Å². The fourth-order valence-electron chi connectivity index (χ4n) is 4.37. The standard InChI is InChI=1S/2C16H22N2O3Si.ClH.Rh/c2*1-4-19-22(20-5-2,21-6-3)14-10-11-16(18-13-14)15-9-7-8-12-17-15;;/h2*7-13H,4-6H2,1-3H3;1H;/q;;;+1/p-1. The average molecular weight is 775 g/mol. The molecule has 0 saturated heterocycles. The second kappa shape index (κ2) is 22.3. The molecule has 10 nitrogen and oxygen atoms in total. The van der Waals surface area contributed by atoms with Crippen molar-refractivity contribution in [3.8, 4) is 22.8 Å². The topological polar surface area (TPSA) is 107 Å². The molecule has 0 atom stereocenters. The average Bonchev–Trinajstić information content (AvgIpc) is 3.11. The third-order valence-corrected chi connectivity index (χ3v) is 12.1. The van der Waals surface area contributed by atoms with Crippen LogP contribution in [0.2, 0.25) is 0 Å². The molecule has 4 rings (SSSR count). The van der Waals surface area contributed by atoms with Crippen molar-refractivity contribution < 1.29 is 43.9 Å². The van der Waals surface area contributed by atoms with E-state index in [0.29, 0.717) is 39.6 Å². The van der Waals surface area contributed by atoms with Crippen LogP contribution in [-0.4, -0.2) is 77.2 Å². The Balaban J connectivity index is 0.000000304. The molecule has 0 aliphatic carbocycles. The van der Waals surface area contributed by atoms with Gasteiger partial charge in [-0.2, -0.15) is 0 Å². The molecule has 4 heterocycles. The van der Waals surface area contributed by atoms with Crippen LogP contribution >= 0.6 is 9.69 Å². The van der Waals surface area contributed by atoms with Gasteiger partial charge in [-0.05, 0) is 77.9 Å². The van der Waals surface area contributed by atoms with E-state index >= 15 is 0 Å². The Bertz CT molecular complexity index is 1210. The fourth-order valence-corrected chi connectivity index (χ4v) is 9.17. The van der Waals surface area contributed by atoms with Gasteiger partial charge in [-0.15, -0.1) is 0 Å². The van der Waals surface area contributed by atoms with Crippen LogP contribution in [0.15, 0.2) is 85.5 Å². The van der Waals surface area contributed by atoms with Gasteiger partial charge in [0.25, 0.3) is 0 Å². The zero-order valence-corrected chi connectivity index (χ0v) is 31.7. The second-order valence-corrected chi connectivity index (χ2v) is 14.1. The van der Waals surface area contributed by atoms with Crippen molar-refractivity contribution in [3.63, 3.8) is 0 Å². The van der Waals surface area contributed by atoms with Crippen LogP contribution in [0, 0.1) is 0 Å². The van der Waals surface area contributed by atoms with Crippen LogP contribution in [0.4, 0.5) is 0 Å². The van der Waals surface area contributed by atoms with Crippen LogP contribution in [0.3, 0.4) is 0 Å². The van der Waals surface area contributed by atoms with Gasteiger partial charge >= 0.3 is 44.6 Å². The van der Waals surface area contributed by atoms with Gasteiger partial charge in [0.15, 0.2) is 0 Å². The second-order valence-electron chi connectivity index (χ2n) is 9.00. The minimum atomic E-state index is -2.88. The summed E-state index contributed by atoms with van der Waals surface area (Å²) in [5.41, 5.74) is 3.31.